The van der Waals surface area contributed by atoms with E-state index in [1.807, 2.05) is 20.8 Å². The molecule has 0 aromatic heterocycles. The first-order chi connectivity index (χ1) is 7.16. The van der Waals surface area contributed by atoms with E-state index in [-0.39, 0.29) is 5.56 Å². The number of ether oxygens (including phenoxy) is 1. The molecule has 0 amide bonds. The molecular weight excluding hydrogens is 192 g/mol. The second-order valence-corrected chi connectivity index (χ2v) is 2.69. The number of carboxylic acids is 1. The lowest BCUT2D eigenvalue weighted by atomic mass is 10.1. The lowest BCUT2D eigenvalue weighted by molar-refractivity contribution is 0.0691. The van der Waals surface area contributed by atoms with Gasteiger partial charge in [0.15, 0.2) is 0 Å². The van der Waals surface area contributed by atoms with Crippen molar-refractivity contribution in [3.8, 4) is 5.75 Å². The third kappa shape index (κ3) is 3.62. The van der Waals surface area contributed by atoms with Gasteiger partial charge in [0.05, 0.1) is 6.61 Å². The van der Waals surface area contributed by atoms with Gasteiger partial charge < -0.3 is 9.84 Å². The number of benzene rings is 1. The molecule has 0 aliphatic heterocycles. The topological polar surface area (TPSA) is 46.5 Å². The molecule has 0 spiro atoms. The molecule has 0 radical (unpaired) electrons. The van der Waals surface area contributed by atoms with Crippen molar-refractivity contribution in [2.75, 3.05) is 6.61 Å². The predicted molar refractivity (Wildman–Crippen MR) is 60.7 cm³/mol. The van der Waals surface area contributed by atoms with Crippen LogP contribution in [0.15, 0.2) is 18.2 Å². The minimum absolute atomic E-state index is 0.254. The predicted octanol–water partition coefficient (Wildman–Crippen LogP) is 3.12. The van der Waals surface area contributed by atoms with Crippen LogP contribution in [-0.4, -0.2) is 17.7 Å². The van der Waals surface area contributed by atoms with Crippen molar-refractivity contribution in [2.45, 2.75) is 27.7 Å². The van der Waals surface area contributed by atoms with E-state index < -0.39 is 5.97 Å². The van der Waals surface area contributed by atoms with Crippen LogP contribution in [0, 0.1) is 6.92 Å². The van der Waals surface area contributed by atoms with Crippen LogP contribution in [0.3, 0.4) is 0 Å². The SMILES string of the molecule is CC.CCOc1cccc(C)c1C(=O)O. The van der Waals surface area contributed by atoms with Gasteiger partial charge in [0, 0.05) is 0 Å². The van der Waals surface area contributed by atoms with Crippen molar-refractivity contribution >= 4 is 5.97 Å². The minimum atomic E-state index is -0.943. The largest absolute Gasteiger partial charge is 0.493 e. The van der Waals surface area contributed by atoms with Gasteiger partial charge in [-0.25, -0.2) is 4.79 Å². The fourth-order valence-corrected chi connectivity index (χ4v) is 1.19. The Morgan fingerprint density at radius 2 is 2.00 bits per heavy atom. The number of carboxylic acid groups (broad SMARTS) is 1. The Hall–Kier alpha value is -1.51. The minimum Gasteiger partial charge on any atom is -0.493 e. The smallest absolute Gasteiger partial charge is 0.339 e. The summed E-state index contributed by atoms with van der Waals surface area (Å²) < 4.78 is 5.20. The van der Waals surface area contributed by atoms with Crippen LogP contribution in [-0.2, 0) is 0 Å². The van der Waals surface area contributed by atoms with Crippen LogP contribution in [0.5, 0.6) is 5.75 Å². The van der Waals surface area contributed by atoms with Crippen LogP contribution < -0.4 is 4.74 Å². The molecule has 1 rings (SSSR count). The third-order valence-corrected chi connectivity index (χ3v) is 1.75. The van der Waals surface area contributed by atoms with Gasteiger partial charge in [-0.1, -0.05) is 26.0 Å². The van der Waals surface area contributed by atoms with E-state index in [0.717, 1.165) is 5.56 Å². The standard InChI is InChI=1S/C10H12O3.C2H6/c1-3-13-8-6-4-5-7(2)9(8)10(11)12;1-2/h4-6H,3H2,1-2H3,(H,11,12);1-2H3. The Kier molecular flexibility index (Phi) is 6.18. The van der Waals surface area contributed by atoms with Crippen molar-refractivity contribution in [2.24, 2.45) is 0 Å². The molecule has 15 heavy (non-hydrogen) atoms. The van der Waals surface area contributed by atoms with Crippen molar-refractivity contribution in [1.29, 1.82) is 0 Å². The molecule has 0 aliphatic rings. The first-order valence-corrected chi connectivity index (χ1v) is 5.12. The van der Waals surface area contributed by atoms with Gasteiger partial charge in [-0.15, -0.1) is 0 Å². The van der Waals surface area contributed by atoms with Crippen molar-refractivity contribution in [3.63, 3.8) is 0 Å². The quantitative estimate of drug-likeness (QED) is 0.833. The summed E-state index contributed by atoms with van der Waals surface area (Å²) in [4.78, 5) is 10.8. The fraction of sp³-hybridized carbons (Fsp3) is 0.417. The summed E-state index contributed by atoms with van der Waals surface area (Å²) >= 11 is 0. The van der Waals surface area contributed by atoms with E-state index in [4.69, 9.17) is 9.84 Å². The highest BCUT2D eigenvalue weighted by Crippen LogP contribution is 2.21. The lowest BCUT2D eigenvalue weighted by Gasteiger charge is -2.08. The zero-order chi connectivity index (χ0) is 11.8. The maximum Gasteiger partial charge on any atom is 0.339 e. The average Bonchev–Trinajstić information content (AvgIpc) is 2.21. The van der Waals surface area contributed by atoms with E-state index in [1.165, 1.54) is 0 Å². The summed E-state index contributed by atoms with van der Waals surface area (Å²) in [5.74, 6) is -0.503. The molecule has 3 heteroatoms. The molecule has 0 bridgehead atoms. The van der Waals surface area contributed by atoms with Crippen LogP contribution in [0.1, 0.15) is 36.7 Å². The lowest BCUT2D eigenvalue weighted by Crippen LogP contribution is -2.04. The Morgan fingerprint density at radius 3 is 2.47 bits per heavy atom. The summed E-state index contributed by atoms with van der Waals surface area (Å²) in [5.41, 5.74) is 0.975. The average molecular weight is 210 g/mol. The molecule has 1 N–H and O–H groups in total. The summed E-state index contributed by atoms with van der Waals surface area (Å²) in [7, 11) is 0. The molecule has 0 heterocycles. The van der Waals surface area contributed by atoms with Crippen LogP contribution >= 0.6 is 0 Å². The summed E-state index contributed by atoms with van der Waals surface area (Å²) in [6.45, 7) is 8.06. The van der Waals surface area contributed by atoms with Gasteiger partial charge in [-0.3, -0.25) is 0 Å². The van der Waals surface area contributed by atoms with Crippen LogP contribution in [0.25, 0.3) is 0 Å². The molecule has 3 nitrogen and oxygen atoms in total. The Bertz CT molecular complexity index is 319. The molecule has 0 fully saturated rings. The van der Waals surface area contributed by atoms with Gasteiger partial charge >= 0.3 is 5.97 Å². The molecule has 0 aliphatic carbocycles. The zero-order valence-electron chi connectivity index (χ0n) is 9.70. The molecule has 1 aromatic rings. The Morgan fingerprint density at radius 1 is 1.40 bits per heavy atom. The van der Waals surface area contributed by atoms with Gasteiger partial charge in [0.1, 0.15) is 11.3 Å². The van der Waals surface area contributed by atoms with E-state index in [2.05, 4.69) is 0 Å². The van der Waals surface area contributed by atoms with E-state index in [0.29, 0.717) is 12.4 Å². The van der Waals surface area contributed by atoms with Crippen molar-refractivity contribution < 1.29 is 14.6 Å². The van der Waals surface area contributed by atoms with Gasteiger partial charge in [0.2, 0.25) is 0 Å². The fourth-order valence-electron chi connectivity index (χ4n) is 1.19. The normalized spacial score (nSPS) is 8.80. The zero-order valence-corrected chi connectivity index (χ0v) is 9.70. The van der Waals surface area contributed by atoms with Crippen molar-refractivity contribution in [1.82, 2.24) is 0 Å². The molecule has 84 valence electrons. The maximum absolute atomic E-state index is 10.8. The summed E-state index contributed by atoms with van der Waals surface area (Å²) in [5, 5.41) is 8.89. The first-order valence-electron chi connectivity index (χ1n) is 5.12. The number of aromatic carboxylic acids is 1. The second-order valence-electron chi connectivity index (χ2n) is 2.69. The summed E-state index contributed by atoms with van der Waals surface area (Å²) in [6.07, 6.45) is 0. The van der Waals surface area contributed by atoms with Crippen LogP contribution in [0.4, 0.5) is 0 Å². The monoisotopic (exact) mass is 210 g/mol. The van der Waals surface area contributed by atoms with Gasteiger partial charge in [-0.2, -0.15) is 0 Å². The number of hydrogen-bond donors (Lipinski definition) is 1. The Labute approximate surface area is 90.7 Å². The third-order valence-electron chi connectivity index (χ3n) is 1.75. The van der Waals surface area contributed by atoms with Gasteiger partial charge in [-0.05, 0) is 25.5 Å². The van der Waals surface area contributed by atoms with E-state index in [9.17, 15) is 4.79 Å². The molecular formula is C12H18O3. The highest BCUT2D eigenvalue weighted by Gasteiger charge is 2.12. The number of rotatable bonds is 3. The van der Waals surface area contributed by atoms with E-state index >= 15 is 0 Å². The summed E-state index contributed by atoms with van der Waals surface area (Å²) in [6, 6.07) is 5.21. The first kappa shape index (κ1) is 13.5. The van der Waals surface area contributed by atoms with Crippen LogP contribution in [0.2, 0.25) is 0 Å². The molecule has 0 saturated heterocycles. The van der Waals surface area contributed by atoms with E-state index in [1.54, 1.807) is 25.1 Å². The Balaban J connectivity index is 0.000000921. The highest BCUT2D eigenvalue weighted by atomic mass is 16.5. The number of carbonyl (C=O) groups is 1. The number of aryl methyl sites for hydroxylation is 1. The highest BCUT2D eigenvalue weighted by molar-refractivity contribution is 5.92. The second kappa shape index (κ2) is 6.87. The number of hydrogen-bond acceptors (Lipinski definition) is 2. The molecule has 1 aromatic carbocycles. The molecule has 0 atom stereocenters. The molecule has 0 unspecified atom stereocenters. The molecule has 0 saturated carbocycles. The van der Waals surface area contributed by atoms with Gasteiger partial charge in [0.25, 0.3) is 0 Å². The maximum atomic E-state index is 10.8. The van der Waals surface area contributed by atoms with Crippen molar-refractivity contribution in [3.05, 3.63) is 29.3 Å².